The zero-order valence-electron chi connectivity index (χ0n) is 9.16. The second-order valence-corrected chi connectivity index (χ2v) is 3.42. The third-order valence-corrected chi connectivity index (χ3v) is 2.17. The first-order valence-corrected chi connectivity index (χ1v) is 5.03. The number of carbonyl (C=O) groups is 2. The Balaban J connectivity index is 1.94. The van der Waals surface area contributed by atoms with Crippen molar-refractivity contribution in [2.24, 2.45) is 0 Å². The average molecular weight is 247 g/mol. The van der Waals surface area contributed by atoms with Gasteiger partial charge in [0.15, 0.2) is 5.69 Å². The van der Waals surface area contributed by atoms with Crippen LogP contribution in [-0.2, 0) is 6.54 Å². The van der Waals surface area contributed by atoms with Gasteiger partial charge in [-0.2, -0.15) is 0 Å². The van der Waals surface area contributed by atoms with E-state index < -0.39 is 5.97 Å². The summed E-state index contributed by atoms with van der Waals surface area (Å²) in [6.07, 6.45) is 2.70. The molecule has 0 aromatic carbocycles. The first-order chi connectivity index (χ1) is 8.66. The molecule has 0 unspecified atom stereocenters. The molecule has 0 aliphatic heterocycles. The van der Waals surface area contributed by atoms with Crippen LogP contribution in [0.25, 0.3) is 0 Å². The van der Waals surface area contributed by atoms with Crippen molar-refractivity contribution in [3.05, 3.63) is 47.6 Å². The molecule has 92 valence electrons. The normalized spacial score (nSPS) is 10.0. The maximum atomic E-state index is 11.5. The van der Waals surface area contributed by atoms with Gasteiger partial charge < -0.3 is 14.9 Å². The molecule has 0 atom stereocenters. The van der Waals surface area contributed by atoms with Crippen molar-refractivity contribution in [2.75, 3.05) is 0 Å². The molecular weight excluding hydrogens is 238 g/mol. The zero-order chi connectivity index (χ0) is 13.0. The van der Waals surface area contributed by atoms with Gasteiger partial charge in [0.1, 0.15) is 12.0 Å². The molecule has 2 rings (SSSR count). The number of nitrogens with zero attached hydrogens (tertiary/aromatic N) is 2. The van der Waals surface area contributed by atoms with Crippen molar-refractivity contribution in [1.29, 1.82) is 0 Å². The molecule has 0 fully saturated rings. The lowest BCUT2D eigenvalue weighted by Crippen LogP contribution is -2.23. The Hall–Kier alpha value is -2.70. The quantitative estimate of drug-likeness (QED) is 0.823. The van der Waals surface area contributed by atoms with E-state index in [1.807, 2.05) is 0 Å². The molecule has 0 radical (unpaired) electrons. The first kappa shape index (κ1) is 11.8. The van der Waals surface area contributed by atoms with E-state index in [9.17, 15) is 9.59 Å². The maximum Gasteiger partial charge on any atom is 0.354 e. The number of aromatic nitrogens is 2. The molecule has 2 N–H and O–H groups in total. The SMILES string of the molecule is O=C(O)c1ccc(CNC(=O)c2ccon2)cn1. The van der Waals surface area contributed by atoms with Gasteiger partial charge in [-0.1, -0.05) is 11.2 Å². The number of hydrogen-bond donors (Lipinski definition) is 2. The monoisotopic (exact) mass is 247 g/mol. The lowest BCUT2D eigenvalue weighted by atomic mass is 10.2. The summed E-state index contributed by atoms with van der Waals surface area (Å²) in [6, 6.07) is 4.40. The van der Waals surface area contributed by atoms with E-state index in [0.717, 1.165) is 0 Å². The zero-order valence-corrected chi connectivity index (χ0v) is 9.16. The van der Waals surface area contributed by atoms with Crippen LogP contribution in [0, 0.1) is 0 Å². The van der Waals surface area contributed by atoms with Gasteiger partial charge in [0, 0.05) is 18.8 Å². The van der Waals surface area contributed by atoms with E-state index in [0.29, 0.717) is 5.56 Å². The lowest BCUT2D eigenvalue weighted by Gasteiger charge is -2.02. The van der Waals surface area contributed by atoms with Gasteiger partial charge in [-0.3, -0.25) is 4.79 Å². The Morgan fingerprint density at radius 2 is 2.11 bits per heavy atom. The van der Waals surface area contributed by atoms with E-state index in [1.165, 1.54) is 24.6 Å². The van der Waals surface area contributed by atoms with E-state index in [1.54, 1.807) is 6.07 Å². The second-order valence-electron chi connectivity index (χ2n) is 3.42. The van der Waals surface area contributed by atoms with E-state index in [-0.39, 0.29) is 23.8 Å². The number of hydrogen-bond acceptors (Lipinski definition) is 5. The van der Waals surface area contributed by atoms with Crippen LogP contribution in [0.1, 0.15) is 26.5 Å². The van der Waals surface area contributed by atoms with Crippen molar-refractivity contribution in [2.45, 2.75) is 6.54 Å². The van der Waals surface area contributed by atoms with Gasteiger partial charge in [0.05, 0.1) is 0 Å². The highest BCUT2D eigenvalue weighted by Gasteiger charge is 2.08. The van der Waals surface area contributed by atoms with E-state index in [2.05, 4.69) is 20.0 Å². The molecule has 0 saturated heterocycles. The Labute approximate surface area is 101 Å². The van der Waals surface area contributed by atoms with Crippen molar-refractivity contribution >= 4 is 11.9 Å². The third kappa shape index (κ3) is 2.70. The van der Waals surface area contributed by atoms with Gasteiger partial charge in [-0.25, -0.2) is 9.78 Å². The first-order valence-electron chi connectivity index (χ1n) is 5.03. The summed E-state index contributed by atoms with van der Waals surface area (Å²) in [7, 11) is 0. The predicted octanol–water partition coefficient (Wildman–Crippen LogP) is 0.698. The number of nitrogens with one attached hydrogen (secondary N) is 1. The summed E-state index contributed by atoms with van der Waals surface area (Å²) in [4.78, 5) is 25.8. The molecule has 18 heavy (non-hydrogen) atoms. The molecule has 2 aromatic rings. The maximum absolute atomic E-state index is 11.5. The van der Waals surface area contributed by atoms with Crippen LogP contribution < -0.4 is 5.32 Å². The molecule has 0 saturated carbocycles. The molecule has 2 heterocycles. The molecule has 7 nitrogen and oxygen atoms in total. The fourth-order valence-corrected chi connectivity index (χ4v) is 1.26. The van der Waals surface area contributed by atoms with Crippen LogP contribution in [0.2, 0.25) is 0 Å². The summed E-state index contributed by atoms with van der Waals surface area (Å²) in [5.74, 6) is -1.46. The van der Waals surface area contributed by atoms with Crippen LogP contribution >= 0.6 is 0 Å². The molecule has 0 aliphatic carbocycles. The average Bonchev–Trinajstić information content (AvgIpc) is 2.90. The Bertz CT molecular complexity index is 548. The number of carbonyl (C=O) groups excluding carboxylic acids is 1. The molecule has 1 amide bonds. The molecule has 0 bridgehead atoms. The molecule has 0 spiro atoms. The minimum absolute atomic E-state index is 0.0402. The topological polar surface area (TPSA) is 105 Å². The summed E-state index contributed by atoms with van der Waals surface area (Å²) in [5.41, 5.74) is 0.837. The molecule has 2 aromatic heterocycles. The minimum atomic E-state index is -1.09. The standard InChI is InChI=1S/C11H9N3O4/c15-10(8-3-4-18-14-8)13-6-7-1-2-9(11(16)17)12-5-7/h1-5H,6H2,(H,13,15)(H,16,17). The van der Waals surface area contributed by atoms with Gasteiger partial charge in [-0.05, 0) is 11.6 Å². The summed E-state index contributed by atoms with van der Waals surface area (Å²) in [5, 5.41) is 14.8. The summed E-state index contributed by atoms with van der Waals surface area (Å²) < 4.78 is 4.54. The number of pyridine rings is 1. The Morgan fingerprint density at radius 3 is 2.67 bits per heavy atom. The molecular formula is C11H9N3O4. The van der Waals surface area contributed by atoms with Crippen molar-refractivity contribution < 1.29 is 19.2 Å². The predicted molar refractivity (Wildman–Crippen MR) is 58.9 cm³/mol. The Kier molecular flexibility index (Phi) is 3.33. The minimum Gasteiger partial charge on any atom is -0.477 e. The number of rotatable bonds is 4. The smallest absolute Gasteiger partial charge is 0.354 e. The van der Waals surface area contributed by atoms with Crippen molar-refractivity contribution in [3.8, 4) is 0 Å². The number of carboxylic acids is 1. The van der Waals surface area contributed by atoms with Crippen LogP contribution in [0.15, 0.2) is 35.2 Å². The largest absolute Gasteiger partial charge is 0.477 e. The van der Waals surface area contributed by atoms with Crippen LogP contribution in [0.4, 0.5) is 0 Å². The number of carboxylic acid groups (broad SMARTS) is 1. The number of aromatic carboxylic acids is 1. The van der Waals surface area contributed by atoms with Gasteiger partial charge in [0.2, 0.25) is 0 Å². The molecule has 0 aliphatic rings. The van der Waals surface area contributed by atoms with Crippen molar-refractivity contribution in [1.82, 2.24) is 15.5 Å². The van der Waals surface area contributed by atoms with E-state index >= 15 is 0 Å². The molecule has 7 heteroatoms. The highest BCUT2D eigenvalue weighted by molar-refractivity contribution is 5.91. The third-order valence-electron chi connectivity index (χ3n) is 2.17. The second kappa shape index (κ2) is 5.09. The summed E-state index contributed by atoms with van der Waals surface area (Å²) >= 11 is 0. The summed E-state index contributed by atoms with van der Waals surface area (Å²) in [6.45, 7) is 0.235. The van der Waals surface area contributed by atoms with Crippen LogP contribution in [-0.4, -0.2) is 27.1 Å². The van der Waals surface area contributed by atoms with Gasteiger partial charge >= 0.3 is 5.97 Å². The van der Waals surface area contributed by atoms with Gasteiger partial charge in [-0.15, -0.1) is 0 Å². The highest BCUT2D eigenvalue weighted by atomic mass is 16.5. The lowest BCUT2D eigenvalue weighted by molar-refractivity contribution is 0.0690. The Morgan fingerprint density at radius 1 is 1.28 bits per heavy atom. The fourth-order valence-electron chi connectivity index (χ4n) is 1.26. The van der Waals surface area contributed by atoms with Crippen molar-refractivity contribution in [3.63, 3.8) is 0 Å². The fraction of sp³-hybridized carbons (Fsp3) is 0.0909. The number of amides is 1. The van der Waals surface area contributed by atoms with Crippen LogP contribution in [0.3, 0.4) is 0 Å². The van der Waals surface area contributed by atoms with Gasteiger partial charge in [0.25, 0.3) is 5.91 Å². The highest BCUT2D eigenvalue weighted by Crippen LogP contribution is 2.01. The van der Waals surface area contributed by atoms with E-state index in [4.69, 9.17) is 5.11 Å². The van der Waals surface area contributed by atoms with Crippen LogP contribution in [0.5, 0.6) is 0 Å².